The molecular formula is C59H55F4N7O9. The molecule has 6 aromatic carbocycles. The molecule has 1 N–H and O–H groups in total. The minimum Gasteiger partial charge on any atom is -0.454 e. The maximum atomic E-state index is 13.7. The van der Waals surface area contributed by atoms with E-state index in [-0.39, 0.29) is 43.6 Å². The molecule has 5 heterocycles. The van der Waals surface area contributed by atoms with Crippen molar-refractivity contribution in [1.82, 2.24) is 25.3 Å². The van der Waals surface area contributed by atoms with E-state index in [1.807, 2.05) is 112 Å². The lowest BCUT2D eigenvalue weighted by atomic mass is 10.0. The number of fused-ring (bicyclic) bond motifs is 2. The van der Waals surface area contributed by atoms with Gasteiger partial charge in [0.1, 0.15) is 0 Å². The maximum absolute atomic E-state index is 13.7. The number of aromatic nitrogens is 2. The minimum absolute atomic E-state index is 0.0252. The summed E-state index contributed by atoms with van der Waals surface area (Å²) >= 11 is 0. The second kappa shape index (κ2) is 24.6. The quantitative estimate of drug-likeness (QED) is 0.0812. The van der Waals surface area contributed by atoms with Crippen LogP contribution in [0.4, 0.5) is 38.5 Å². The normalized spacial score (nSPS) is 14.4. The lowest BCUT2D eigenvalue weighted by Crippen LogP contribution is -2.45. The summed E-state index contributed by atoms with van der Waals surface area (Å²) in [5, 5.41) is 9.01. The molecule has 4 aliphatic rings. The number of anilines is 2. The number of hydrogen-bond acceptors (Lipinski definition) is 11. The molecule has 20 heteroatoms. The number of hydrogen-bond donors (Lipinski definition) is 1. The van der Waals surface area contributed by atoms with Crippen LogP contribution in [0.3, 0.4) is 0 Å². The van der Waals surface area contributed by atoms with Gasteiger partial charge in [-0.05, 0) is 133 Å². The number of piperidine rings is 2. The summed E-state index contributed by atoms with van der Waals surface area (Å²) in [4.78, 5) is 57.9. The summed E-state index contributed by atoms with van der Waals surface area (Å²) in [6, 6.07) is 40.7. The van der Waals surface area contributed by atoms with Gasteiger partial charge in [-0.15, -0.1) is 10.2 Å². The van der Waals surface area contributed by atoms with E-state index in [0.29, 0.717) is 42.4 Å². The van der Waals surface area contributed by atoms with Gasteiger partial charge in [-0.2, -0.15) is 17.6 Å². The molecular weight excluding hydrogens is 1030 g/mol. The first-order valence-electron chi connectivity index (χ1n) is 26.0. The zero-order valence-corrected chi connectivity index (χ0v) is 42.8. The van der Waals surface area contributed by atoms with E-state index in [0.717, 1.165) is 102 Å². The second-order valence-corrected chi connectivity index (χ2v) is 19.1. The molecule has 0 radical (unpaired) electrons. The van der Waals surface area contributed by atoms with Crippen LogP contribution in [-0.4, -0.2) is 96.5 Å². The molecule has 1 aromatic heterocycles. The van der Waals surface area contributed by atoms with Crippen LogP contribution in [0.5, 0.6) is 23.0 Å². The van der Waals surface area contributed by atoms with E-state index < -0.39 is 37.0 Å². The largest absolute Gasteiger partial charge is 0.454 e. The molecule has 5 amide bonds. The Balaban J connectivity index is 0.000000178. The molecule has 16 nitrogen and oxygen atoms in total. The van der Waals surface area contributed by atoms with Gasteiger partial charge in [-0.25, -0.2) is 9.59 Å². The number of nitrogens with zero attached hydrogens (tertiary/aromatic N) is 6. The van der Waals surface area contributed by atoms with Crippen LogP contribution < -0.4 is 34.1 Å². The summed E-state index contributed by atoms with van der Waals surface area (Å²) in [5.41, 5.74) is 7.90. The monoisotopic (exact) mass is 1080 g/mol. The first kappa shape index (κ1) is 53.5. The molecule has 0 saturated carbocycles. The second-order valence-electron chi connectivity index (χ2n) is 19.1. The SMILES string of the molecule is O=C(CNC(=O)C(F)F)c1ccc(CN(C(=O)N2CCCCC2)c2ccc(-c3ccc4c(c3)OCO4)cc2)cc1.O=C(N1CCCCC1)N(Cc1ccc(-c2nnc(C(F)F)o2)cc1)c1ccc(-c2ccc3c(c2)OCO3)cc1. The van der Waals surface area contributed by atoms with Crippen LogP contribution in [0, 0.1) is 0 Å². The van der Waals surface area contributed by atoms with Gasteiger partial charge in [-0.1, -0.05) is 72.8 Å². The van der Waals surface area contributed by atoms with Gasteiger partial charge < -0.3 is 38.5 Å². The van der Waals surface area contributed by atoms with Gasteiger partial charge in [0.25, 0.3) is 11.8 Å². The predicted molar refractivity (Wildman–Crippen MR) is 284 cm³/mol. The summed E-state index contributed by atoms with van der Waals surface area (Å²) in [6.07, 6.45) is 0.119. The lowest BCUT2D eigenvalue weighted by Gasteiger charge is -2.33. The van der Waals surface area contributed by atoms with Gasteiger partial charge in [0.15, 0.2) is 28.8 Å². The Morgan fingerprint density at radius 3 is 1.38 bits per heavy atom. The van der Waals surface area contributed by atoms with E-state index in [9.17, 15) is 36.7 Å². The third kappa shape index (κ3) is 12.9. The van der Waals surface area contributed by atoms with Gasteiger partial charge in [0.05, 0.1) is 19.6 Å². The number of Topliss-reactive ketones (excluding diaryl/α,β-unsaturated/α-hetero) is 1. The number of benzene rings is 6. The Morgan fingerprint density at radius 1 is 0.506 bits per heavy atom. The van der Waals surface area contributed by atoms with Crippen molar-refractivity contribution in [2.45, 2.75) is 64.5 Å². The van der Waals surface area contributed by atoms with E-state index in [1.54, 1.807) is 46.2 Å². The van der Waals surface area contributed by atoms with Crippen LogP contribution in [-0.2, 0) is 17.9 Å². The molecule has 4 aliphatic heterocycles. The number of carbonyl (C=O) groups is 4. The Hall–Kier alpha value is -8.94. The number of ether oxygens (including phenoxy) is 4. The Morgan fingerprint density at radius 2 is 0.937 bits per heavy atom. The van der Waals surface area contributed by atoms with Crippen LogP contribution >= 0.6 is 0 Å². The molecule has 7 aromatic rings. The van der Waals surface area contributed by atoms with Crippen molar-refractivity contribution in [3.05, 3.63) is 156 Å². The highest BCUT2D eigenvalue weighted by atomic mass is 19.3. The summed E-state index contributed by atoms with van der Waals surface area (Å²) in [6.45, 7) is 3.37. The third-order valence-electron chi connectivity index (χ3n) is 13.9. The number of urea groups is 2. The van der Waals surface area contributed by atoms with Crippen molar-refractivity contribution in [2.24, 2.45) is 0 Å². The standard InChI is InChI=1S/C30H29F2N3O5.C29H26F2N4O4/c31-28(32)29(37)33-17-25(36)22-6-4-20(5-7-22)18-35(30(38)34-14-2-1-3-15-34)24-11-8-21(9-12-24)23-10-13-26-27(16-23)40-19-39-26;30-26(31)28-33-32-27(39-28)21-6-4-19(5-7-21)17-35(29(36)34-14-2-1-3-15-34)23-11-8-20(9-12-23)22-10-13-24-25(16-22)38-18-37-24/h4-13,16,28H,1-3,14-15,17-19H2,(H,33,37);4-13,16,26H,1-3,14-15,17-18H2. The molecule has 408 valence electrons. The predicted octanol–water partition coefficient (Wildman–Crippen LogP) is 11.9. The molecule has 11 rings (SSSR count). The topological polar surface area (TPSA) is 169 Å². The van der Waals surface area contributed by atoms with Crippen LogP contribution in [0.2, 0.25) is 0 Å². The molecule has 2 fully saturated rings. The number of rotatable bonds is 14. The molecule has 0 spiro atoms. The van der Waals surface area contributed by atoms with E-state index in [2.05, 4.69) is 10.2 Å². The molecule has 2 saturated heterocycles. The molecule has 0 unspecified atom stereocenters. The van der Waals surface area contributed by atoms with Gasteiger partial charge in [0, 0.05) is 48.7 Å². The highest BCUT2D eigenvalue weighted by Gasteiger charge is 2.27. The zero-order chi connectivity index (χ0) is 54.8. The van der Waals surface area contributed by atoms with Crippen molar-refractivity contribution in [2.75, 3.05) is 56.1 Å². The minimum atomic E-state index is -3.18. The van der Waals surface area contributed by atoms with Crippen molar-refractivity contribution in [3.8, 4) is 56.7 Å². The molecule has 0 bridgehead atoms. The first-order chi connectivity index (χ1) is 38.4. The fourth-order valence-corrected chi connectivity index (χ4v) is 9.57. The fourth-order valence-electron chi connectivity index (χ4n) is 9.57. The van der Waals surface area contributed by atoms with E-state index in [1.165, 1.54) is 0 Å². The van der Waals surface area contributed by atoms with Crippen molar-refractivity contribution < 1.29 is 60.1 Å². The molecule has 0 aliphatic carbocycles. The summed E-state index contributed by atoms with van der Waals surface area (Å²) < 4.78 is 77.3. The Labute approximate surface area is 452 Å². The van der Waals surface area contributed by atoms with E-state index in [4.69, 9.17) is 23.4 Å². The number of carbonyl (C=O) groups excluding carboxylic acids is 4. The van der Waals surface area contributed by atoms with E-state index >= 15 is 0 Å². The number of likely N-dealkylation sites (tertiary alicyclic amines) is 2. The third-order valence-corrected chi connectivity index (χ3v) is 13.9. The van der Waals surface area contributed by atoms with Gasteiger partial charge in [0.2, 0.25) is 19.5 Å². The highest BCUT2D eigenvalue weighted by molar-refractivity contribution is 5.99. The highest BCUT2D eigenvalue weighted by Crippen LogP contribution is 2.38. The van der Waals surface area contributed by atoms with Crippen LogP contribution in [0.1, 0.15) is 72.3 Å². The van der Waals surface area contributed by atoms with Gasteiger partial charge >= 0.3 is 24.9 Å². The Bertz CT molecular complexity index is 3260. The summed E-state index contributed by atoms with van der Waals surface area (Å²) in [7, 11) is 0. The first-order valence-corrected chi connectivity index (χ1v) is 26.0. The van der Waals surface area contributed by atoms with Crippen molar-refractivity contribution in [3.63, 3.8) is 0 Å². The zero-order valence-electron chi connectivity index (χ0n) is 42.8. The van der Waals surface area contributed by atoms with Crippen LogP contribution in [0.15, 0.2) is 138 Å². The maximum Gasteiger partial charge on any atom is 0.324 e. The molecule has 0 atom stereocenters. The van der Waals surface area contributed by atoms with Crippen molar-refractivity contribution in [1.29, 1.82) is 0 Å². The van der Waals surface area contributed by atoms with Crippen molar-refractivity contribution >= 4 is 35.1 Å². The number of amides is 5. The molecule has 79 heavy (non-hydrogen) atoms. The lowest BCUT2D eigenvalue weighted by molar-refractivity contribution is -0.131. The van der Waals surface area contributed by atoms with Gasteiger partial charge in [-0.3, -0.25) is 19.4 Å². The average molecular weight is 1080 g/mol. The summed E-state index contributed by atoms with van der Waals surface area (Å²) in [5.74, 6) is 0.198. The number of nitrogens with one attached hydrogen (secondary N) is 1. The number of alkyl halides is 4. The smallest absolute Gasteiger partial charge is 0.324 e. The fraction of sp³-hybridized carbons (Fsp3) is 0.288. The number of ketones is 1. The Kier molecular flexibility index (Phi) is 16.6. The number of halogens is 4. The van der Waals surface area contributed by atoms with Crippen LogP contribution in [0.25, 0.3) is 33.7 Å². The average Bonchev–Trinajstić information content (AvgIpc) is 4.34.